The molecule has 2 aromatic rings. The van der Waals surface area contributed by atoms with Crippen molar-refractivity contribution < 1.29 is 51.4 Å². The van der Waals surface area contributed by atoms with Crippen LogP contribution in [0.2, 0.25) is 0 Å². The molecule has 0 unspecified atom stereocenters. The molecule has 0 bridgehead atoms. The van der Waals surface area contributed by atoms with Crippen LogP contribution in [0.4, 0.5) is 0 Å². The molecule has 0 saturated heterocycles. The van der Waals surface area contributed by atoms with Crippen molar-refractivity contribution in [2.24, 2.45) is 0 Å². The molecule has 60 valence electrons. The van der Waals surface area contributed by atoms with Crippen molar-refractivity contribution in [3.63, 3.8) is 0 Å². The Labute approximate surface area is 123 Å². The zero-order valence-corrected chi connectivity index (χ0v) is 11.1. The number of aromatic amines is 1. The monoisotopic (exact) mass is 217 g/mol. The van der Waals surface area contributed by atoms with Gasteiger partial charge < -0.3 is 0 Å². The van der Waals surface area contributed by atoms with Gasteiger partial charge in [-0.05, 0) is 24.4 Å². The van der Waals surface area contributed by atoms with Crippen molar-refractivity contribution in [3.8, 4) is 5.69 Å². The second-order valence-electron chi connectivity index (χ2n) is 2.25. The molecule has 2 rings (SSSR count). The van der Waals surface area contributed by atoms with Crippen LogP contribution in [-0.2, 0) is 0 Å². The Balaban J connectivity index is 0.000000845. The summed E-state index contributed by atoms with van der Waals surface area (Å²) in [4.78, 5) is 0. The molecule has 0 atom stereocenters. The number of H-pyrrole nitrogens is 1. The van der Waals surface area contributed by atoms with Gasteiger partial charge in [-0.2, -0.15) is 5.21 Å². The van der Waals surface area contributed by atoms with E-state index < -0.39 is 0 Å². The Bertz CT molecular complexity index is 421. The van der Waals surface area contributed by atoms with E-state index in [1.54, 1.807) is 4.68 Å². The topological polar surface area (TPSA) is 46.5 Å². The quantitative estimate of drug-likeness (QED) is 0.459. The van der Waals surface area contributed by atoms with Crippen molar-refractivity contribution in [1.82, 2.24) is 20.2 Å². The minimum absolute atomic E-state index is 0. The minimum atomic E-state index is 0. The molecular formula is C7H6KN4S+. The van der Waals surface area contributed by atoms with Gasteiger partial charge in [0.25, 0.3) is 0 Å². The Kier molecular flexibility index (Phi) is 4.43. The first-order valence-corrected chi connectivity index (χ1v) is 3.84. The number of rotatable bonds is 1. The summed E-state index contributed by atoms with van der Waals surface area (Å²) in [6, 6.07) is 9.65. The molecule has 1 N–H and O–H groups in total. The summed E-state index contributed by atoms with van der Waals surface area (Å²) in [5.41, 5.74) is 0.938. The van der Waals surface area contributed by atoms with Crippen LogP contribution in [0, 0.1) is 4.77 Å². The smallest absolute Gasteiger partial charge is 0.210 e. The van der Waals surface area contributed by atoms with Crippen LogP contribution in [-0.4, -0.2) is 20.2 Å². The zero-order chi connectivity index (χ0) is 8.39. The Hall–Kier alpha value is 0.146. The number of aromatic nitrogens is 4. The average molecular weight is 217 g/mol. The van der Waals surface area contributed by atoms with E-state index in [1.807, 2.05) is 30.3 Å². The molecule has 1 aromatic carbocycles. The normalized spacial score (nSPS) is 9.23. The largest absolute Gasteiger partial charge is 1.00 e. The molecular weight excluding hydrogens is 211 g/mol. The predicted molar refractivity (Wildman–Crippen MR) is 46.5 cm³/mol. The van der Waals surface area contributed by atoms with Gasteiger partial charge in [-0.15, -0.1) is 0 Å². The number of hydrogen-bond donors (Lipinski definition) is 1. The first-order valence-electron chi connectivity index (χ1n) is 3.43. The van der Waals surface area contributed by atoms with E-state index in [0.717, 1.165) is 5.69 Å². The van der Waals surface area contributed by atoms with Crippen molar-refractivity contribution in [2.45, 2.75) is 0 Å². The number of nitrogens with zero attached hydrogens (tertiary/aromatic N) is 3. The molecule has 0 radical (unpaired) electrons. The van der Waals surface area contributed by atoms with Gasteiger partial charge in [0.15, 0.2) is 0 Å². The number of benzene rings is 1. The standard InChI is InChI=1S/C7H6N4S.K/c12-7-8-9-10-11(7)6-4-2-1-3-5-6;/h1-5H,(H,8,10,12);/q;+1. The first-order chi connectivity index (χ1) is 5.88. The van der Waals surface area contributed by atoms with Crippen LogP contribution in [0.15, 0.2) is 30.3 Å². The van der Waals surface area contributed by atoms with Gasteiger partial charge in [0.05, 0.1) is 5.69 Å². The first kappa shape index (κ1) is 11.2. The SMILES string of the molecule is S=c1nn[nH]n1-c1ccccc1.[K+]. The van der Waals surface area contributed by atoms with Gasteiger partial charge in [-0.25, -0.2) is 4.68 Å². The van der Waals surface area contributed by atoms with E-state index in [1.165, 1.54) is 0 Å². The van der Waals surface area contributed by atoms with Crippen LogP contribution in [0.25, 0.3) is 5.69 Å². The van der Waals surface area contributed by atoms with Gasteiger partial charge >= 0.3 is 51.4 Å². The van der Waals surface area contributed by atoms with E-state index in [2.05, 4.69) is 15.5 Å². The van der Waals surface area contributed by atoms with Crippen molar-refractivity contribution in [2.75, 3.05) is 0 Å². The summed E-state index contributed by atoms with van der Waals surface area (Å²) in [5.74, 6) is 0. The molecule has 0 spiro atoms. The average Bonchev–Trinajstić information content (AvgIpc) is 2.53. The molecule has 0 amide bonds. The Morgan fingerprint density at radius 2 is 1.92 bits per heavy atom. The van der Waals surface area contributed by atoms with Gasteiger partial charge in [-0.3, -0.25) is 0 Å². The molecule has 0 fully saturated rings. The second-order valence-corrected chi connectivity index (χ2v) is 2.62. The Morgan fingerprint density at radius 1 is 1.23 bits per heavy atom. The molecule has 0 aliphatic rings. The van der Waals surface area contributed by atoms with Gasteiger partial charge in [0.1, 0.15) is 0 Å². The fourth-order valence-corrected chi connectivity index (χ4v) is 1.13. The Morgan fingerprint density at radius 3 is 2.46 bits per heavy atom. The molecule has 4 nitrogen and oxygen atoms in total. The number of nitrogens with one attached hydrogen (secondary N) is 1. The van der Waals surface area contributed by atoms with Gasteiger partial charge in [0, 0.05) is 0 Å². The van der Waals surface area contributed by atoms with E-state index >= 15 is 0 Å². The fraction of sp³-hybridized carbons (Fsp3) is 0. The van der Waals surface area contributed by atoms with Gasteiger partial charge in [0.2, 0.25) is 4.77 Å². The molecule has 6 heteroatoms. The summed E-state index contributed by atoms with van der Waals surface area (Å²) in [6.07, 6.45) is 0. The number of tetrazole rings is 1. The second kappa shape index (κ2) is 5.13. The fourth-order valence-electron chi connectivity index (χ4n) is 0.943. The van der Waals surface area contributed by atoms with Crippen LogP contribution < -0.4 is 51.4 Å². The third-order valence-electron chi connectivity index (χ3n) is 1.49. The van der Waals surface area contributed by atoms with Crippen molar-refractivity contribution in [1.29, 1.82) is 0 Å². The van der Waals surface area contributed by atoms with E-state index in [4.69, 9.17) is 12.2 Å². The summed E-state index contributed by atoms with van der Waals surface area (Å²) in [5, 5.41) is 9.92. The molecule has 1 aromatic heterocycles. The molecule has 0 saturated carbocycles. The van der Waals surface area contributed by atoms with Crippen LogP contribution in [0.3, 0.4) is 0 Å². The van der Waals surface area contributed by atoms with E-state index in [9.17, 15) is 0 Å². The summed E-state index contributed by atoms with van der Waals surface area (Å²) < 4.78 is 2.07. The maximum Gasteiger partial charge on any atom is 1.00 e. The maximum atomic E-state index is 4.93. The molecule has 13 heavy (non-hydrogen) atoms. The molecule has 1 heterocycles. The van der Waals surface area contributed by atoms with E-state index in [0.29, 0.717) is 4.77 Å². The van der Waals surface area contributed by atoms with Gasteiger partial charge in [-0.1, -0.05) is 28.5 Å². The predicted octanol–water partition coefficient (Wildman–Crippen LogP) is -1.67. The van der Waals surface area contributed by atoms with Crippen LogP contribution in [0.5, 0.6) is 0 Å². The van der Waals surface area contributed by atoms with Crippen LogP contribution >= 0.6 is 12.2 Å². The van der Waals surface area contributed by atoms with Crippen LogP contribution in [0.1, 0.15) is 0 Å². The number of hydrogen-bond acceptors (Lipinski definition) is 3. The zero-order valence-electron chi connectivity index (χ0n) is 7.14. The van der Waals surface area contributed by atoms with Crippen molar-refractivity contribution >= 4 is 12.2 Å². The summed E-state index contributed by atoms with van der Waals surface area (Å²) in [6.45, 7) is 0. The third-order valence-corrected chi connectivity index (χ3v) is 1.75. The van der Waals surface area contributed by atoms with E-state index in [-0.39, 0.29) is 51.4 Å². The minimum Gasteiger partial charge on any atom is -0.210 e. The maximum absolute atomic E-state index is 4.93. The number of para-hydroxylation sites is 1. The summed E-state index contributed by atoms with van der Waals surface area (Å²) >= 11 is 4.93. The molecule has 0 aliphatic carbocycles. The van der Waals surface area contributed by atoms with Crippen molar-refractivity contribution in [3.05, 3.63) is 35.1 Å². The third kappa shape index (κ3) is 2.55. The summed E-state index contributed by atoms with van der Waals surface area (Å²) in [7, 11) is 0. The molecule has 0 aliphatic heterocycles.